The standard InChI is InChI=1S/C29H31N7O4.C23H25N5O5/c1-16-19-10-11-22(21(19)9-8-20(16)27(39)40-29(2,3)4)34-26(38)24-13-23(35-28-32-15-33-36(24)28)25(37)31-14-17-6-5-7-18(30)12-17;1-12-13-8-9-16(15(13)7-6-14(12)20(30)33-23(2,3)4)26-19(29)18-10-17(21(31)32-5)27-22-24-11-25-28(18)22/h5-9,12-13,15,22H,10-11,14,30H2,1-4H3,(H,31,37)(H,34,38);6-7,10-11,16H,8-9H2,1-5H3,(H,26,29)/t22-;16-/m00/s1. The predicted octanol–water partition coefficient (Wildman–Crippen LogP) is 5.91. The van der Waals surface area contributed by atoms with Crippen LogP contribution in [0, 0.1) is 13.8 Å². The monoisotopic (exact) mass is 992 g/mol. The van der Waals surface area contributed by atoms with Gasteiger partial charge >= 0.3 is 17.9 Å². The van der Waals surface area contributed by atoms with Gasteiger partial charge in [0.15, 0.2) is 5.69 Å². The number of carbonyl (C=O) groups is 6. The summed E-state index contributed by atoms with van der Waals surface area (Å²) < 4.78 is 18.4. The minimum Gasteiger partial charge on any atom is -0.464 e. The number of nitrogens with one attached hydrogen (secondary N) is 3. The molecule has 3 aromatic carbocycles. The maximum absolute atomic E-state index is 13.5. The van der Waals surface area contributed by atoms with E-state index in [-0.39, 0.29) is 64.9 Å². The smallest absolute Gasteiger partial charge is 0.356 e. The Balaban J connectivity index is 0.000000199. The van der Waals surface area contributed by atoms with Crippen LogP contribution in [0.3, 0.4) is 0 Å². The SMILES string of the molecule is COC(=O)c1cc(C(=O)N[C@H]2CCc3c2ccc(C(=O)OC(C)(C)C)c3C)n2ncnc2n1.Cc1c(C(=O)OC(C)(C)C)ccc2c1CC[C@@H]2NC(=O)c1cc(C(=O)NCc2cccc(N)c2)nc2ncnn12. The number of fused-ring (bicyclic) bond motifs is 4. The van der Waals surface area contributed by atoms with Crippen LogP contribution in [0.15, 0.2) is 73.3 Å². The molecule has 21 heteroatoms. The fraction of sp³-hybridized carbons (Fsp3) is 0.346. The number of hydrogen-bond donors (Lipinski definition) is 4. The predicted molar refractivity (Wildman–Crippen MR) is 265 cm³/mol. The van der Waals surface area contributed by atoms with E-state index in [2.05, 4.69) is 46.1 Å². The molecule has 378 valence electrons. The number of esters is 3. The Morgan fingerprint density at radius 1 is 0.644 bits per heavy atom. The van der Waals surface area contributed by atoms with Gasteiger partial charge in [0.25, 0.3) is 29.3 Å². The lowest BCUT2D eigenvalue weighted by molar-refractivity contribution is 0.00559. The van der Waals surface area contributed by atoms with Crippen molar-refractivity contribution < 1.29 is 43.0 Å². The van der Waals surface area contributed by atoms with Crippen molar-refractivity contribution in [2.45, 2.75) is 111 Å². The topological polar surface area (TPSA) is 278 Å². The highest BCUT2D eigenvalue weighted by Crippen LogP contribution is 2.37. The molecule has 0 unspecified atom stereocenters. The van der Waals surface area contributed by atoms with Crippen molar-refractivity contribution in [3.63, 3.8) is 0 Å². The van der Waals surface area contributed by atoms with Gasteiger partial charge in [-0.3, -0.25) is 14.4 Å². The fourth-order valence-electron chi connectivity index (χ4n) is 8.88. The maximum Gasteiger partial charge on any atom is 0.356 e. The highest BCUT2D eigenvalue weighted by molar-refractivity contribution is 5.99. The zero-order valence-corrected chi connectivity index (χ0v) is 41.9. The Kier molecular flexibility index (Phi) is 14.1. The molecule has 2 aliphatic carbocycles. The van der Waals surface area contributed by atoms with Gasteiger partial charge in [-0.05, 0) is 144 Å². The molecular formula is C52H56N12O9. The van der Waals surface area contributed by atoms with Gasteiger partial charge in [-0.2, -0.15) is 29.2 Å². The number of nitrogen functional groups attached to an aromatic ring is 1. The van der Waals surface area contributed by atoms with Crippen LogP contribution in [0.4, 0.5) is 5.69 Å². The van der Waals surface area contributed by atoms with Crippen molar-refractivity contribution in [1.29, 1.82) is 0 Å². The second-order valence-corrected chi connectivity index (χ2v) is 19.7. The van der Waals surface area contributed by atoms with Crippen molar-refractivity contribution in [2.24, 2.45) is 0 Å². The Morgan fingerprint density at radius 3 is 1.59 bits per heavy atom. The molecule has 21 nitrogen and oxygen atoms in total. The number of ether oxygens (including phenoxy) is 3. The second kappa shape index (κ2) is 20.2. The summed E-state index contributed by atoms with van der Waals surface area (Å²) in [6.45, 7) is 15.0. The molecule has 0 radical (unpaired) electrons. The molecule has 0 aliphatic heterocycles. The van der Waals surface area contributed by atoms with Gasteiger partial charge in [0.05, 0.1) is 30.3 Å². The largest absolute Gasteiger partial charge is 0.464 e. The van der Waals surface area contributed by atoms with Gasteiger partial charge in [-0.25, -0.2) is 24.4 Å². The number of methoxy groups -OCH3 is 1. The average molecular weight is 993 g/mol. The molecule has 9 rings (SSSR count). The summed E-state index contributed by atoms with van der Waals surface area (Å²) in [5.74, 6) is -2.47. The molecule has 2 aliphatic rings. The molecule has 5 N–H and O–H groups in total. The molecular weight excluding hydrogens is 937 g/mol. The molecule has 0 saturated carbocycles. The van der Waals surface area contributed by atoms with Crippen molar-refractivity contribution in [1.82, 2.24) is 55.1 Å². The number of nitrogens with zero attached hydrogens (tertiary/aromatic N) is 8. The Labute approximate surface area is 419 Å². The molecule has 73 heavy (non-hydrogen) atoms. The van der Waals surface area contributed by atoms with Gasteiger partial charge in [-0.1, -0.05) is 24.3 Å². The summed E-state index contributed by atoms with van der Waals surface area (Å²) in [6.07, 6.45) is 5.29. The van der Waals surface area contributed by atoms with Gasteiger partial charge in [0.1, 0.15) is 40.9 Å². The summed E-state index contributed by atoms with van der Waals surface area (Å²) in [4.78, 5) is 93.2. The van der Waals surface area contributed by atoms with Gasteiger partial charge in [-0.15, -0.1) is 0 Å². The Morgan fingerprint density at radius 2 is 1.12 bits per heavy atom. The normalized spacial score (nSPS) is 14.9. The van der Waals surface area contributed by atoms with Crippen LogP contribution in [-0.4, -0.2) is 93.1 Å². The van der Waals surface area contributed by atoms with Crippen molar-refractivity contribution in [3.8, 4) is 0 Å². The van der Waals surface area contributed by atoms with E-state index in [1.54, 1.807) is 30.3 Å². The third-order valence-electron chi connectivity index (χ3n) is 12.2. The van der Waals surface area contributed by atoms with E-state index in [9.17, 15) is 28.8 Å². The summed E-state index contributed by atoms with van der Waals surface area (Å²) in [5, 5.41) is 17.0. The van der Waals surface area contributed by atoms with Crippen LogP contribution in [0.2, 0.25) is 0 Å². The lowest BCUT2D eigenvalue weighted by Gasteiger charge is -2.21. The fourth-order valence-corrected chi connectivity index (χ4v) is 8.88. The first-order valence-corrected chi connectivity index (χ1v) is 23.5. The van der Waals surface area contributed by atoms with Crippen LogP contribution in [0.25, 0.3) is 11.6 Å². The molecule has 3 amide bonds. The van der Waals surface area contributed by atoms with E-state index < -0.39 is 34.9 Å². The van der Waals surface area contributed by atoms with Gasteiger partial charge in [0, 0.05) is 24.4 Å². The maximum atomic E-state index is 13.5. The number of anilines is 1. The van der Waals surface area contributed by atoms with Gasteiger partial charge < -0.3 is 35.9 Å². The number of carbonyl (C=O) groups excluding carboxylic acids is 6. The molecule has 0 bridgehead atoms. The lowest BCUT2D eigenvalue weighted by Crippen LogP contribution is -2.31. The van der Waals surface area contributed by atoms with E-state index in [1.165, 1.54) is 40.9 Å². The van der Waals surface area contributed by atoms with Crippen LogP contribution >= 0.6 is 0 Å². The van der Waals surface area contributed by atoms with E-state index in [1.807, 2.05) is 73.6 Å². The second-order valence-electron chi connectivity index (χ2n) is 19.7. The summed E-state index contributed by atoms with van der Waals surface area (Å²) in [5.41, 5.74) is 13.0. The number of nitrogens with two attached hydrogens (primary N) is 1. The van der Waals surface area contributed by atoms with Gasteiger partial charge in [0.2, 0.25) is 0 Å². The minimum atomic E-state index is -0.675. The van der Waals surface area contributed by atoms with E-state index >= 15 is 0 Å². The van der Waals surface area contributed by atoms with E-state index in [0.29, 0.717) is 42.5 Å². The average Bonchev–Trinajstić information content (AvgIpc) is 4.17. The third-order valence-corrected chi connectivity index (χ3v) is 12.2. The molecule has 0 saturated heterocycles. The molecule has 4 heterocycles. The first-order chi connectivity index (χ1) is 34.6. The van der Waals surface area contributed by atoms with Crippen LogP contribution < -0.4 is 21.7 Å². The molecule has 7 aromatic rings. The molecule has 4 aromatic heterocycles. The van der Waals surface area contributed by atoms with Crippen molar-refractivity contribution >= 4 is 52.9 Å². The number of benzene rings is 3. The van der Waals surface area contributed by atoms with E-state index in [4.69, 9.17) is 19.9 Å². The minimum absolute atomic E-state index is 0.0344. The highest BCUT2D eigenvalue weighted by Gasteiger charge is 2.32. The zero-order valence-electron chi connectivity index (χ0n) is 41.9. The zero-order chi connectivity index (χ0) is 52.5. The Bertz CT molecular complexity index is 3350. The van der Waals surface area contributed by atoms with E-state index in [0.717, 1.165) is 38.9 Å². The number of amides is 3. The number of rotatable bonds is 10. The first-order valence-electron chi connectivity index (χ1n) is 23.5. The first kappa shape index (κ1) is 50.8. The summed E-state index contributed by atoms with van der Waals surface area (Å²) >= 11 is 0. The van der Waals surface area contributed by atoms with Crippen LogP contribution in [0.5, 0.6) is 0 Å². The third kappa shape index (κ3) is 11.1. The van der Waals surface area contributed by atoms with Crippen molar-refractivity contribution in [3.05, 3.63) is 146 Å². The number of aromatic nitrogens is 8. The highest BCUT2D eigenvalue weighted by atomic mass is 16.6. The summed E-state index contributed by atoms with van der Waals surface area (Å²) in [7, 11) is 1.24. The molecule has 0 spiro atoms. The quantitative estimate of drug-likeness (QED) is 0.0704. The summed E-state index contributed by atoms with van der Waals surface area (Å²) in [6, 6.07) is 16.6. The lowest BCUT2D eigenvalue weighted by atomic mass is 9.97. The Hall–Kier alpha value is -8.62. The van der Waals surface area contributed by atoms with Crippen LogP contribution in [-0.2, 0) is 33.6 Å². The molecule has 0 fully saturated rings. The van der Waals surface area contributed by atoms with Crippen LogP contribution in [0.1, 0.15) is 168 Å². The number of hydrogen-bond acceptors (Lipinski definition) is 16. The van der Waals surface area contributed by atoms with Crippen molar-refractivity contribution in [2.75, 3.05) is 12.8 Å². The molecule has 2 atom stereocenters.